The van der Waals surface area contributed by atoms with Gasteiger partial charge in [-0.05, 0) is 45.8 Å². The number of pyridine rings is 1. The molecule has 1 N–H and O–H groups in total. The molecule has 2 aromatic rings. The third kappa shape index (κ3) is 3.77. The number of sulfonamides is 1. The maximum Gasteiger partial charge on any atom is 0.263 e. The van der Waals surface area contributed by atoms with E-state index in [1.54, 1.807) is 36.4 Å². The van der Waals surface area contributed by atoms with Crippen LogP contribution in [0.4, 0.5) is 5.82 Å². The summed E-state index contributed by atoms with van der Waals surface area (Å²) >= 11 is 6.56. The van der Waals surface area contributed by atoms with E-state index in [0.29, 0.717) is 5.33 Å². The SMILES string of the molecule is O=S(=O)(Nc1ccc(Br)cn1)c1ccc(CBr)cc1. The van der Waals surface area contributed by atoms with E-state index in [9.17, 15) is 8.42 Å². The van der Waals surface area contributed by atoms with Crippen LogP contribution < -0.4 is 4.72 Å². The predicted molar refractivity (Wildman–Crippen MR) is 81.8 cm³/mol. The van der Waals surface area contributed by atoms with Crippen LogP contribution in [-0.2, 0) is 15.4 Å². The van der Waals surface area contributed by atoms with Crippen molar-refractivity contribution in [2.24, 2.45) is 0 Å². The highest BCUT2D eigenvalue weighted by molar-refractivity contribution is 9.10. The van der Waals surface area contributed by atoms with E-state index in [1.807, 2.05) is 0 Å². The molecule has 1 aromatic heterocycles. The van der Waals surface area contributed by atoms with Gasteiger partial charge in [-0.1, -0.05) is 28.1 Å². The Hall–Kier alpha value is -0.920. The van der Waals surface area contributed by atoms with Gasteiger partial charge in [-0.25, -0.2) is 13.4 Å². The average molecular weight is 406 g/mol. The molecule has 0 aliphatic carbocycles. The van der Waals surface area contributed by atoms with Crippen LogP contribution in [0.3, 0.4) is 0 Å². The second-order valence-corrected chi connectivity index (χ2v) is 6.90. The van der Waals surface area contributed by atoms with Gasteiger partial charge in [0.15, 0.2) is 0 Å². The third-order valence-corrected chi connectivity index (χ3v) is 4.84. The molecule has 1 heterocycles. The summed E-state index contributed by atoms with van der Waals surface area (Å²) in [6, 6.07) is 9.97. The minimum Gasteiger partial charge on any atom is -0.263 e. The van der Waals surface area contributed by atoms with E-state index in [-0.39, 0.29) is 10.7 Å². The number of aromatic nitrogens is 1. The van der Waals surface area contributed by atoms with Crippen LogP contribution in [0, 0.1) is 0 Å². The molecule has 0 saturated heterocycles. The molecule has 0 fully saturated rings. The number of nitrogens with zero attached hydrogens (tertiary/aromatic N) is 1. The van der Waals surface area contributed by atoms with Crippen LogP contribution in [0.15, 0.2) is 52.0 Å². The van der Waals surface area contributed by atoms with E-state index in [1.165, 1.54) is 6.20 Å². The Labute approximate surface area is 128 Å². The number of rotatable bonds is 4. The Morgan fingerprint density at radius 2 is 1.79 bits per heavy atom. The van der Waals surface area contributed by atoms with Crippen molar-refractivity contribution in [2.45, 2.75) is 10.2 Å². The van der Waals surface area contributed by atoms with E-state index in [4.69, 9.17) is 0 Å². The zero-order valence-corrected chi connectivity index (χ0v) is 13.7. The fraction of sp³-hybridized carbons (Fsp3) is 0.0833. The van der Waals surface area contributed by atoms with Crippen molar-refractivity contribution in [3.8, 4) is 0 Å². The summed E-state index contributed by atoms with van der Waals surface area (Å²) in [5, 5.41) is 0.690. The number of alkyl halides is 1. The fourth-order valence-electron chi connectivity index (χ4n) is 1.39. The largest absolute Gasteiger partial charge is 0.263 e. The molecule has 1 aromatic carbocycles. The van der Waals surface area contributed by atoms with Gasteiger partial charge in [0.2, 0.25) is 0 Å². The lowest BCUT2D eigenvalue weighted by atomic mass is 10.2. The molecular weight excluding hydrogens is 396 g/mol. The Morgan fingerprint density at radius 3 is 2.32 bits per heavy atom. The van der Waals surface area contributed by atoms with Crippen LogP contribution in [0.5, 0.6) is 0 Å². The molecule has 0 saturated carbocycles. The molecule has 0 aliphatic rings. The molecular formula is C12H10Br2N2O2S. The Kier molecular flexibility index (Phi) is 4.59. The van der Waals surface area contributed by atoms with Crippen LogP contribution in [0.25, 0.3) is 0 Å². The first-order valence-corrected chi connectivity index (χ1v) is 8.70. The van der Waals surface area contributed by atoms with Gasteiger partial charge < -0.3 is 0 Å². The number of hydrogen-bond acceptors (Lipinski definition) is 3. The lowest BCUT2D eigenvalue weighted by Gasteiger charge is -2.07. The summed E-state index contributed by atoms with van der Waals surface area (Å²) in [4.78, 5) is 4.19. The average Bonchev–Trinajstić information content (AvgIpc) is 2.41. The molecule has 0 atom stereocenters. The first-order valence-electron chi connectivity index (χ1n) is 5.30. The van der Waals surface area contributed by atoms with Gasteiger partial charge in [-0.2, -0.15) is 0 Å². The predicted octanol–water partition coefficient (Wildman–Crippen LogP) is 3.54. The number of hydrogen-bond donors (Lipinski definition) is 1. The zero-order chi connectivity index (χ0) is 13.9. The summed E-state index contributed by atoms with van der Waals surface area (Å²) in [6.45, 7) is 0. The van der Waals surface area contributed by atoms with Crippen LogP contribution >= 0.6 is 31.9 Å². The van der Waals surface area contributed by atoms with Crippen molar-refractivity contribution in [1.82, 2.24) is 4.98 Å². The first kappa shape index (κ1) is 14.5. The van der Waals surface area contributed by atoms with Crippen molar-refractivity contribution < 1.29 is 8.42 Å². The third-order valence-electron chi connectivity index (χ3n) is 2.35. The number of halogens is 2. The summed E-state index contributed by atoms with van der Waals surface area (Å²) in [6.07, 6.45) is 1.53. The van der Waals surface area contributed by atoms with Crippen molar-refractivity contribution in [2.75, 3.05) is 4.72 Å². The van der Waals surface area contributed by atoms with Gasteiger partial charge in [0, 0.05) is 16.0 Å². The molecule has 7 heteroatoms. The van der Waals surface area contributed by atoms with Crippen molar-refractivity contribution >= 4 is 47.7 Å². The minimum absolute atomic E-state index is 0.210. The zero-order valence-electron chi connectivity index (χ0n) is 9.68. The molecule has 2 rings (SSSR count). The standard InChI is InChI=1S/C12H10Br2N2O2S/c13-7-9-1-4-11(5-2-9)19(17,18)16-12-6-3-10(14)8-15-12/h1-6,8H,7H2,(H,15,16). The van der Waals surface area contributed by atoms with E-state index in [2.05, 4.69) is 41.6 Å². The van der Waals surface area contributed by atoms with E-state index in [0.717, 1.165) is 10.0 Å². The second-order valence-electron chi connectivity index (χ2n) is 3.74. The molecule has 0 unspecified atom stereocenters. The molecule has 19 heavy (non-hydrogen) atoms. The van der Waals surface area contributed by atoms with Crippen LogP contribution in [0.1, 0.15) is 5.56 Å². The first-order chi connectivity index (χ1) is 9.01. The van der Waals surface area contributed by atoms with Gasteiger partial charge in [0.05, 0.1) is 4.90 Å². The maximum atomic E-state index is 12.1. The number of nitrogens with one attached hydrogen (secondary N) is 1. The van der Waals surface area contributed by atoms with Gasteiger partial charge >= 0.3 is 0 Å². The van der Waals surface area contributed by atoms with E-state index >= 15 is 0 Å². The van der Waals surface area contributed by atoms with Crippen LogP contribution in [0.2, 0.25) is 0 Å². The fourth-order valence-corrected chi connectivity index (χ4v) is 3.01. The summed E-state index contributed by atoms with van der Waals surface area (Å²) in [5.74, 6) is 0.285. The Balaban J connectivity index is 2.24. The van der Waals surface area contributed by atoms with Crippen LogP contribution in [-0.4, -0.2) is 13.4 Å². The van der Waals surface area contributed by atoms with Crippen molar-refractivity contribution in [1.29, 1.82) is 0 Å². The Morgan fingerprint density at radius 1 is 1.11 bits per heavy atom. The van der Waals surface area contributed by atoms with Gasteiger partial charge in [0.1, 0.15) is 5.82 Å². The lowest BCUT2D eigenvalue weighted by molar-refractivity contribution is 0.601. The molecule has 0 bridgehead atoms. The minimum atomic E-state index is -3.59. The Bertz CT molecular complexity index is 655. The second kappa shape index (κ2) is 6.02. The molecule has 4 nitrogen and oxygen atoms in total. The summed E-state index contributed by atoms with van der Waals surface area (Å²) < 4.78 is 27.4. The monoisotopic (exact) mass is 404 g/mol. The smallest absolute Gasteiger partial charge is 0.263 e. The topological polar surface area (TPSA) is 59.1 Å². The number of anilines is 1. The molecule has 0 radical (unpaired) electrons. The van der Waals surface area contributed by atoms with Gasteiger partial charge in [-0.15, -0.1) is 0 Å². The normalized spacial score (nSPS) is 11.3. The van der Waals surface area contributed by atoms with Crippen molar-refractivity contribution in [3.05, 3.63) is 52.6 Å². The van der Waals surface area contributed by atoms with E-state index < -0.39 is 10.0 Å². The van der Waals surface area contributed by atoms with Gasteiger partial charge in [0.25, 0.3) is 10.0 Å². The molecule has 0 spiro atoms. The molecule has 100 valence electrons. The molecule has 0 aliphatic heterocycles. The number of benzene rings is 1. The maximum absolute atomic E-state index is 12.1. The highest BCUT2D eigenvalue weighted by Gasteiger charge is 2.14. The van der Waals surface area contributed by atoms with Gasteiger partial charge in [-0.3, -0.25) is 4.72 Å². The molecule has 0 amide bonds. The highest BCUT2D eigenvalue weighted by Crippen LogP contribution is 2.17. The highest BCUT2D eigenvalue weighted by atomic mass is 79.9. The summed E-state index contributed by atoms with van der Waals surface area (Å²) in [5.41, 5.74) is 1.01. The quantitative estimate of drug-likeness (QED) is 0.791. The van der Waals surface area contributed by atoms with Crippen molar-refractivity contribution in [3.63, 3.8) is 0 Å². The lowest BCUT2D eigenvalue weighted by Crippen LogP contribution is -2.13. The summed E-state index contributed by atoms with van der Waals surface area (Å²) in [7, 11) is -3.59.